The molecule has 0 spiro atoms. The molecule has 0 bridgehead atoms. The van der Waals surface area contributed by atoms with Crippen molar-refractivity contribution in [3.05, 3.63) is 34.4 Å². The van der Waals surface area contributed by atoms with Gasteiger partial charge in [0.15, 0.2) is 0 Å². The Bertz CT molecular complexity index is 403. The van der Waals surface area contributed by atoms with Gasteiger partial charge >= 0.3 is 6.09 Å². The topological polar surface area (TPSA) is 81.5 Å². The average molecular weight is 252 g/mol. The van der Waals surface area contributed by atoms with Crippen molar-refractivity contribution < 1.29 is 14.5 Å². The van der Waals surface area contributed by atoms with Gasteiger partial charge < -0.3 is 10.1 Å². The lowest BCUT2D eigenvalue weighted by atomic mass is 10.2. The smallest absolute Gasteiger partial charge is 0.410 e. The third-order valence-corrected chi connectivity index (χ3v) is 2.31. The third-order valence-electron chi connectivity index (χ3n) is 2.31. The Kier molecular flexibility index (Phi) is 5.63. The highest BCUT2D eigenvalue weighted by atomic mass is 16.6. The van der Waals surface area contributed by atoms with E-state index in [2.05, 4.69) is 12.2 Å². The third kappa shape index (κ3) is 4.82. The van der Waals surface area contributed by atoms with Gasteiger partial charge in [-0.3, -0.25) is 10.1 Å². The lowest BCUT2D eigenvalue weighted by Crippen LogP contribution is -2.27. The van der Waals surface area contributed by atoms with Crippen molar-refractivity contribution in [1.29, 1.82) is 0 Å². The van der Waals surface area contributed by atoms with E-state index in [0.717, 1.165) is 19.3 Å². The number of benzene rings is 1. The first kappa shape index (κ1) is 14.0. The van der Waals surface area contributed by atoms with Crippen LogP contribution in [0.15, 0.2) is 24.3 Å². The van der Waals surface area contributed by atoms with E-state index in [1.54, 1.807) is 0 Å². The van der Waals surface area contributed by atoms with Gasteiger partial charge in [-0.2, -0.15) is 0 Å². The van der Waals surface area contributed by atoms with Crippen LogP contribution in [0, 0.1) is 10.1 Å². The molecule has 0 saturated heterocycles. The normalized spacial score (nSPS) is 9.83. The van der Waals surface area contributed by atoms with Gasteiger partial charge in [0.05, 0.1) is 4.92 Å². The number of rotatable bonds is 6. The second-order valence-corrected chi connectivity index (χ2v) is 3.77. The summed E-state index contributed by atoms with van der Waals surface area (Å²) in [7, 11) is 0. The van der Waals surface area contributed by atoms with Crippen LogP contribution < -0.4 is 10.1 Å². The highest BCUT2D eigenvalue weighted by Crippen LogP contribution is 2.17. The summed E-state index contributed by atoms with van der Waals surface area (Å²) in [5.74, 6) is 0.286. The Morgan fingerprint density at radius 2 is 2.00 bits per heavy atom. The zero-order chi connectivity index (χ0) is 13.4. The SMILES string of the molecule is CCCCCNC(=O)Oc1ccc([N+](=O)[O-])cc1. The van der Waals surface area contributed by atoms with Crippen LogP contribution in [0.25, 0.3) is 0 Å². The number of nitro benzene ring substituents is 1. The predicted molar refractivity (Wildman–Crippen MR) is 66.6 cm³/mol. The Balaban J connectivity index is 2.37. The van der Waals surface area contributed by atoms with Crippen molar-refractivity contribution in [2.45, 2.75) is 26.2 Å². The van der Waals surface area contributed by atoms with Gasteiger partial charge in [0, 0.05) is 18.7 Å². The molecule has 18 heavy (non-hydrogen) atoms. The molecule has 1 aromatic carbocycles. The largest absolute Gasteiger partial charge is 0.412 e. The second kappa shape index (κ2) is 7.26. The summed E-state index contributed by atoms with van der Waals surface area (Å²) in [6.07, 6.45) is 2.50. The molecule has 0 unspecified atom stereocenters. The molecule has 1 rings (SSSR count). The zero-order valence-corrected chi connectivity index (χ0v) is 10.2. The van der Waals surface area contributed by atoms with Crippen LogP contribution in [0.4, 0.5) is 10.5 Å². The summed E-state index contributed by atoms with van der Waals surface area (Å²) in [5, 5.41) is 13.0. The highest BCUT2D eigenvalue weighted by molar-refractivity contribution is 5.70. The standard InChI is InChI=1S/C12H16N2O4/c1-2-3-4-9-13-12(15)18-11-7-5-10(6-8-11)14(16)17/h5-8H,2-4,9H2,1H3,(H,13,15). The molecular formula is C12H16N2O4. The Labute approximate surface area is 105 Å². The minimum atomic E-state index is -0.542. The minimum Gasteiger partial charge on any atom is -0.410 e. The van der Waals surface area contributed by atoms with Gasteiger partial charge in [-0.05, 0) is 18.6 Å². The van der Waals surface area contributed by atoms with E-state index >= 15 is 0 Å². The minimum absolute atomic E-state index is 0.0364. The number of hydrogen-bond acceptors (Lipinski definition) is 4. The predicted octanol–water partition coefficient (Wildman–Crippen LogP) is 2.87. The fraction of sp³-hybridized carbons (Fsp3) is 0.417. The molecule has 6 nitrogen and oxygen atoms in total. The first-order valence-corrected chi connectivity index (χ1v) is 5.83. The molecule has 0 aliphatic heterocycles. The molecule has 98 valence electrons. The van der Waals surface area contributed by atoms with Crippen LogP contribution in [-0.2, 0) is 0 Å². The molecule has 0 aliphatic carbocycles. The summed E-state index contributed by atoms with van der Waals surface area (Å²) in [4.78, 5) is 21.2. The number of ether oxygens (including phenoxy) is 1. The Morgan fingerprint density at radius 3 is 2.56 bits per heavy atom. The summed E-state index contributed by atoms with van der Waals surface area (Å²) in [6, 6.07) is 5.37. The molecule has 0 fully saturated rings. The number of nitrogens with one attached hydrogen (secondary N) is 1. The van der Waals surface area contributed by atoms with E-state index < -0.39 is 11.0 Å². The lowest BCUT2D eigenvalue weighted by Gasteiger charge is -2.05. The summed E-state index contributed by atoms with van der Waals surface area (Å²) in [5.41, 5.74) is -0.0364. The summed E-state index contributed by atoms with van der Waals surface area (Å²) in [6.45, 7) is 2.65. The van der Waals surface area contributed by atoms with E-state index in [1.165, 1.54) is 24.3 Å². The van der Waals surface area contributed by atoms with Gasteiger partial charge in [-0.25, -0.2) is 4.79 Å². The maximum Gasteiger partial charge on any atom is 0.412 e. The van der Waals surface area contributed by atoms with Crippen molar-refractivity contribution in [1.82, 2.24) is 5.32 Å². The van der Waals surface area contributed by atoms with E-state index in [9.17, 15) is 14.9 Å². The Hall–Kier alpha value is -2.11. The van der Waals surface area contributed by atoms with Crippen LogP contribution in [0.5, 0.6) is 5.75 Å². The number of carbonyl (C=O) groups is 1. The van der Waals surface area contributed by atoms with Crippen LogP contribution >= 0.6 is 0 Å². The van der Waals surface area contributed by atoms with Gasteiger partial charge in [0.2, 0.25) is 0 Å². The number of hydrogen-bond donors (Lipinski definition) is 1. The van der Waals surface area contributed by atoms with Gasteiger partial charge in [0.25, 0.3) is 5.69 Å². The van der Waals surface area contributed by atoms with E-state index in [0.29, 0.717) is 6.54 Å². The van der Waals surface area contributed by atoms with Crippen molar-refractivity contribution in [3.8, 4) is 5.75 Å². The molecule has 1 amide bonds. The highest BCUT2D eigenvalue weighted by Gasteiger charge is 2.07. The van der Waals surface area contributed by atoms with Gasteiger partial charge in [-0.1, -0.05) is 19.8 Å². The van der Waals surface area contributed by atoms with E-state index in [1.807, 2.05) is 0 Å². The van der Waals surface area contributed by atoms with E-state index in [-0.39, 0.29) is 11.4 Å². The number of nitrogens with zero attached hydrogens (tertiary/aromatic N) is 1. The summed E-state index contributed by atoms with van der Waals surface area (Å²) >= 11 is 0. The molecule has 1 aromatic rings. The fourth-order valence-electron chi connectivity index (χ4n) is 1.34. The molecule has 0 atom stereocenters. The molecule has 6 heteroatoms. The van der Waals surface area contributed by atoms with E-state index in [4.69, 9.17) is 4.74 Å². The lowest BCUT2D eigenvalue weighted by molar-refractivity contribution is -0.384. The number of amides is 1. The fourth-order valence-corrected chi connectivity index (χ4v) is 1.34. The molecular weight excluding hydrogens is 236 g/mol. The number of unbranched alkanes of at least 4 members (excludes halogenated alkanes) is 2. The molecule has 1 N–H and O–H groups in total. The first-order valence-electron chi connectivity index (χ1n) is 5.83. The summed E-state index contributed by atoms with van der Waals surface area (Å²) < 4.78 is 4.96. The molecule has 0 radical (unpaired) electrons. The van der Waals surface area contributed by atoms with Crippen LogP contribution in [0.1, 0.15) is 26.2 Å². The molecule has 0 saturated carbocycles. The number of carbonyl (C=O) groups excluding carboxylic acids is 1. The van der Waals surface area contributed by atoms with Gasteiger partial charge in [-0.15, -0.1) is 0 Å². The maximum absolute atomic E-state index is 11.3. The van der Waals surface area contributed by atoms with Crippen molar-refractivity contribution >= 4 is 11.8 Å². The first-order chi connectivity index (χ1) is 8.63. The number of nitro groups is 1. The Morgan fingerprint density at radius 1 is 1.33 bits per heavy atom. The van der Waals surface area contributed by atoms with Gasteiger partial charge in [0.1, 0.15) is 5.75 Å². The average Bonchev–Trinajstić information content (AvgIpc) is 2.35. The van der Waals surface area contributed by atoms with Crippen molar-refractivity contribution in [2.75, 3.05) is 6.54 Å². The maximum atomic E-state index is 11.3. The molecule has 0 aromatic heterocycles. The van der Waals surface area contributed by atoms with Crippen LogP contribution in [-0.4, -0.2) is 17.6 Å². The zero-order valence-electron chi connectivity index (χ0n) is 10.2. The molecule has 0 heterocycles. The number of non-ortho nitro benzene ring substituents is 1. The van der Waals surface area contributed by atoms with Crippen molar-refractivity contribution in [2.24, 2.45) is 0 Å². The monoisotopic (exact) mass is 252 g/mol. The van der Waals surface area contributed by atoms with Crippen LogP contribution in [0.2, 0.25) is 0 Å². The van der Waals surface area contributed by atoms with Crippen LogP contribution in [0.3, 0.4) is 0 Å². The quantitative estimate of drug-likeness (QED) is 0.479. The van der Waals surface area contributed by atoms with Crippen molar-refractivity contribution in [3.63, 3.8) is 0 Å². The molecule has 0 aliphatic rings. The second-order valence-electron chi connectivity index (χ2n) is 3.77.